The van der Waals surface area contributed by atoms with Crippen molar-refractivity contribution in [3.05, 3.63) is 28.8 Å². The largest absolute Gasteiger partial charge is 0.480 e. The zero-order valence-electron chi connectivity index (χ0n) is 10.5. The zero-order chi connectivity index (χ0) is 13.4. The number of ether oxygens (including phenoxy) is 1. The molecule has 0 aromatic heterocycles. The molecule has 102 valence electrons. The van der Waals surface area contributed by atoms with Gasteiger partial charge < -0.3 is 14.7 Å². The van der Waals surface area contributed by atoms with Crippen LogP contribution in [0.1, 0.15) is 18.4 Å². The summed E-state index contributed by atoms with van der Waals surface area (Å²) in [6.07, 6.45) is 1.90. The summed E-state index contributed by atoms with van der Waals surface area (Å²) in [7, 11) is 0. The topological polar surface area (TPSA) is 49.8 Å². The molecule has 5 heteroatoms. The van der Waals surface area contributed by atoms with E-state index < -0.39 is 6.10 Å². The lowest BCUT2D eigenvalue weighted by Gasteiger charge is -2.25. The second-order valence-corrected chi connectivity index (χ2v) is 5.51. The smallest absolute Gasteiger partial charge is 0.264 e. The highest BCUT2D eigenvalue weighted by molar-refractivity contribution is 6.30. The van der Waals surface area contributed by atoms with Gasteiger partial charge in [0.25, 0.3) is 5.91 Å². The first-order valence-electron chi connectivity index (χ1n) is 6.55. The van der Waals surface area contributed by atoms with Crippen LogP contribution < -0.4 is 4.74 Å². The maximum atomic E-state index is 12.4. The molecule has 4 nitrogen and oxygen atoms in total. The second kappa shape index (κ2) is 5.02. The van der Waals surface area contributed by atoms with E-state index in [9.17, 15) is 9.90 Å². The molecule has 1 saturated heterocycles. The van der Waals surface area contributed by atoms with E-state index >= 15 is 0 Å². The predicted molar refractivity (Wildman–Crippen MR) is 71.4 cm³/mol. The van der Waals surface area contributed by atoms with Crippen LogP contribution in [0.3, 0.4) is 0 Å². The number of aliphatic hydroxyl groups excluding tert-OH is 1. The van der Waals surface area contributed by atoms with Crippen molar-refractivity contribution < 1.29 is 14.6 Å². The van der Waals surface area contributed by atoms with Gasteiger partial charge in [0.15, 0.2) is 6.10 Å². The number of carbonyl (C=O) groups excluding carboxylic acids is 1. The average molecular weight is 282 g/mol. The summed E-state index contributed by atoms with van der Waals surface area (Å²) in [6.45, 7) is 0.734. The molecule has 1 fully saturated rings. The lowest BCUT2D eigenvalue weighted by atomic mass is 10.1. The molecule has 2 atom stereocenters. The number of hydrogen-bond acceptors (Lipinski definition) is 3. The Kier molecular flexibility index (Phi) is 3.37. The second-order valence-electron chi connectivity index (χ2n) is 5.07. The van der Waals surface area contributed by atoms with Crippen LogP contribution in [0.4, 0.5) is 0 Å². The van der Waals surface area contributed by atoms with Gasteiger partial charge in [0.2, 0.25) is 0 Å². The SMILES string of the molecule is O=C(C1Cc2cc(Cl)ccc2O1)N1CCC[C@@H]1CO. The standard InChI is InChI=1S/C14H16ClNO3/c15-10-3-4-12-9(6-10)7-13(19-12)14(18)16-5-1-2-11(16)8-17/h3-4,6,11,13,17H,1-2,5,7-8H2/t11-,13?/m1/s1. The van der Waals surface area contributed by atoms with E-state index in [0.29, 0.717) is 18.0 Å². The first kappa shape index (κ1) is 12.8. The summed E-state index contributed by atoms with van der Waals surface area (Å²) in [5, 5.41) is 9.94. The Labute approximate surface area is 116 Å². The van der Waals surface area contributed by atoms with E-state index in [4.69, 9.17) is 16.3 Å². The molecule has 0 saturated carbocycles. The number of carbonyl (C=O) groups is 1. The fraction of sp³-hybridized carbons (Fsp3) is 0.500. The van der Waals surface area contributed by atoms with E-state index in [2.05, 4.69) is 0 Å². The van der Waals surface area contributed by atoms with E-state index in [1.165, 1.54) is 0 Å². The van der Waals surface area contributed by atoms with Crippen molar-refractivity contribution >= 4 is 17.5 Å². The molecule has 2 aliphatic heterocycles. The number of fused-ring (bicyclic) bond motifs is 1. The average Bonchev–Trinajstić information content (AvgIpc) is 3.03. The van der Waals surface area contributed by atoms with E-state index in [0.717, 1.165) is 24.2 Å². The minimum absolute atomic E-state index is 0.0242. The number of hydrogen-bond donors (Lipinski definition) is 1. The van der Waals surface area contributed by atoms with Crippen molar-refractivity contribution in [2.75, 3.05) is 13.2 Å². The first-order chi connectivity index (χ1) is 9.19. The highest BCUT2D eigenvalue weighted by Crippen LogP contribution is 2.32. The first-order valence-corrected chi connectivity index (χ1v) is 6.93. The highest BCUT2D eigenvalue weighted by Gasteiger charge is 2.37. The predicted octanol–water partition coefficient (Wildman–Crippen LogP) is 1.63. The quantitative estimate of drug-likeness (QED) is 0.896. The van der Waals surface area contributed by atoms with Gasteiger partial charge in [-0.15, -0.1) is 0 Å². The third kappa shape index (κ3) is 2.30. The van der Waals surface area contributed by atoms with Crippen LogP contribution in [0.2, 0.25) is 5.02 Å². The molecule has 1 N–H and O–H groups in total. The molecule has 0 radical (unpaired) electrons. The highest BCUT2D eigenvalue weighted by atomic mass is 35.5. The molecule has 0 bridgehead atoms. The molecule has 0 spiro atoms. The Hall–Kier alpha value is -1.26. The van der Waals surface area contributed by atoms with Crippen molar-refractivity contribution in [1.29, 1.82) is 0 Å². The van der Waals surface area contributed by atoms with Crippen molar-refractivity contribution in [2.45, 2.75) is 31.4 Å². The summed E-state index contributed by atoms with van der Waals surface area (Å²) in [5.74, 6) is 0.714. The molecule has 1 unspecified atom stereocenters. The molecule has 2 aliphatic rings. The number of likely N-dealkylation sites (tertiary alicyclic amines) is 1. The summed E-state index contributed by atoms with van der Waals surface area (Å²) in [5.41, 5.74) is 0.977. The fourth-order valence-corrected chi connectivity index (χ4v) is 3.05. The minimum Gasteiger partial charge on any atom is -0.480 e. The molecule has 3 rings (SSSR count). The Morgan fingerprint density at radius 2 is 2.37 bits per heavy atom. The van der Waals surface area contributed by atoms with Gasteiger partial charge in [0.1, 0.15) is 5.75 Å². The van der Waals surface area contributed by atoms with Crippen LogP contribution in [0, 0.1) is 0 Å². The van der Waals surface area contributed by atoms with Crippen LogP contribution in [0.15, 0.2) is 18.2 Å². The minimum atomic E-state index is -0.472. The zero-order valence-corrected chi connectivity index (χ0v) is 11.3. The molecular weight excluding hydrogens is 266 g/mol. The normalized spacial score (nSPS) is 25.3. The molecule has 2 heterocycles. The van der Waals surface area contributed by atoms with E-state index in [-0.39, 0.29) is 18.6 Å². The lowest BCUT2D eigenvalue weighted by molar-refractivity contribution is -0.139. The van der Waals surface area contributed by atoms with E-state index in [1.54, 1.807) is 17.0 Å². The Morgan fingerprint density at radius 3 is 3.16 bits per heavy atom. The number of aliphatic hydroxyl groups is 1. The van der Waals surface area contributed by atoms with Crippen LogP contribution in [-0.4, -0.2) is 41.2 Å². The van der Waals surface area contributed by atoms with E-state index in [1.807, 2.05) is 6.07 Å². The van der Waals surface area contributed by atoms with Gasteiger partial charge in [-0.3, -0.25) is 4.79 Å². The number of benzene rings is 1. The molecule has 19 heavy (non-hydrogen) atoms. The van der Waals surface area contributed by atoms with Crippen molar-refractivity contribution in [2.24, 2.45) is 0 Å². The fourth-order valence-electron chi connectivity index (χ4n) is 2.86. The summed E-state index contributed by atoms with van der Waals surface area (Å²) < 4.78 is 5.70. The number of amides is 1. The van der Waals surface area contributed by atoms with Crippen molar-refractivity contribution in [3.63, 3.8) is 0 Å². The van der Waals surface area contributed by atoms with Crippen molar-refractivity contribution in [3.8, 4) is 5.75 Å². The third-order valence-electron chi connectivity index (χ3n) is 3.84. The maximum Gasteiger partial charge on any atom is 0.264 e. The van der Waals surface area contributed by atoms with Crippen LogP contribution in [0.5, 0.6) is 5.75 Å². The van der Waals surface area contributed by atoms with Crippen LogP contribution in [0.25, 0.3) is 0 Å². The van der Waals surface area contributed by atoms with Crippen LogP contribution >= 0.6 is 11.6 Å². The number of nitrogens with zero attached hydrogens (tertiary/aromatic N) is 1. The van der Waals surface area contributed by atoms with Gasteiger partial charge in [-0.1, -0.05) is 11.6 Å². The maximum absolute atomic E-state index is 12.4. The van der Waals surface area contributed by atoms with Crippen LogP contribution in [-0.2, 0) is 11.2 Å². The molecular formula is C14H16ClNO3. The van der Waals surface area contributed by atoms with Gasteiger partial charge >= 0.3 is 0 Å². The molecule has 1 aromatic carbocycles. The Balaban J connectivity index is 1.74. The molecule has 1 amide bonds. The van der Waals surface area contributed by atoms with Gasteiger partial charge in [-0.25, -0.2) is 0 Å². The third-order valence-corrected chi connectivity index (χ3v) is 4.08. The number of halogens is 1. The summed E-state index contributed by atoms with van der Waals surface area (Å²) in [4.78, 5) is 14.2. The monoisotopic (exact) mass is 281 g/mol. The summed E-state index contributed by atoms with van der Waals surface area (Å²) >= 11 is 5.94. The Morgan fingerprint density at radius 1 is 1.53 bits per heavy atom. The lowest BCUT2D eigenvalue weighted by Crippen LogP contribution is -2.45. The Bertz CT molecular complexity index is 505. The molecule has 0 aliphatic carbocycles. The van der Waals surface area contributed by atoms with Gasteiger partial charge in [-0.05, 0) is 36.6 Å². The number of rotatable bonds is 2. The van der Waals surface area contributed by atoms with Crippen molar-refractivity contribution in [1.82, 2.24) is 4.90 Å². The van der Waals surface area contributed by atoms with Gasteiger partial charge in [0.05, 0.1) is 12.6 Å². The summed E-state index contributed by atoms with van der Waals surface area (Å²) in [6, 6.07) is 5.36. The molecule has 1 aromatic rings. The van der Waals surface area contributed by atoms with Gasteiger partial charge in [-0.2, -0.15) is 0 Å². The van der Waals surface area contributed by atoms with Gasteiger partial charge in [0, 0.05) is 18.0 Å².